The van der Waals surface area contributed by atoms with Crippen LogP contribution in [0.2, 0.25) is 0 Å². The van der Waals surface area contributed by atoms with Gasteiger partial charge in [-0.2, -0.15) is 0 Å². The number of rotatable bonds is 11. The predicted octanol–water partition coefficient (Wildman–Crippen LogP) is 7.24. The Bertz CT molecular complexity index is 2040. The van der Waals surface area contributed by atoms with E-state index in [4.69, 9.17) is 4.74 Å². The Morgan fingerprint density at radius 2 is 1.59 bits per heavy atom. The summed E-state index contributed by atoms with van der Waals surface area (Å²) in [5.41, 5.74) is 7.26. The van der Waals surface area contributed by atoms with Crippen LogP contribution in [0.4, 0.5) is 5.69 Å². The second-order valence-electron chi connectivity index (χ2n) is 15.2. The zero-order valence-electron chi connectivity index (χ0n) is 30.6. The van der Waals surface area contributed by atoms with Gasteiger partial charge in [0.15, 0.2) is 0 Å². The van der Waals surface area contributed by atoms with E-state index >= 15 is 0 Å². The van der Waals surface area contributed by atoms with Gasteiger partial charge < -0.3 is 20.5 Å². The number of ether oxygens (including phenoxy) is 1. The van der Waals surface area contributed by atoms with Gasteiger partial charge in [-0.05, 0) is 135 Å². The molecule has 3 aliphatic heterocycles. The lowest BCUT2D eigenvalue weighted by molar-refractivity contribution is -0.125. The van der Waals surface area contributed by atoms with Crippen LogP contribution in [-0.2, 0) is 11.2 Å². The number of anilines is 1. The minimum atomic E-state index is -0.805. The molecule has 0 aromatic heterocycles. The van der Waals surface area contributed by atoms with Crippen LogP contribution in [0, 0.1) is 5.92 Å². The molecule has 54 heavy (non-hydrogen) atoms. The van der Waals surface area contributed by atoms with Crippen molar-refractivity contribution in [2.45, 2.75) is 62.8 Å². The number of nitrogens with zero attached hydrogens (tertiary/aromatic N) is 2. The molecular weight excluding hydrogens is 677 g/mol. The largest absolute Gasteiger partial charge is 0.508 e. The van der Waals surface area contributed by atoms with Crippen molar-refractivity contribution in [1.82, 2.24) is 15.1 Å². The van der Waals surface area contributed by atoms with E-state index < -0.39 is 17.9 Å². The van der Waals surface area contributed by atoms with Crippen LogP contribution in [0.15, 0.2) is 103 Å². The van der Waals surface area contributed by atoms with Gasteiger partial charge in [0.25, 0.3) is 11.8 Å². The fraction of sp³-hybridized carbons (Fsp3) is 0.356. The maximum atomic E-state index is 13.2. The maximum absolute atomic E-state index is 13.2. The zero-order valence-corrected chi connectivity index (χ0v) is 30.6. The number of hydrogen-bond acceptors (Lipinski definition) is 7. The number of carbonyl (C=O) groups excluding carboxylic acids is 3. The van der Waals surface area contributed by atoms with Crippen LogP contribution < -0.4 is 15.4 Å². The maximum Gasteiger partial charge on any atom is 0.262 e. The number of fused-ring (bicyclic) bond motifs is 2. The molecule has 4 aliphatic rings. The number of phenolic OH excluding ortho intramolecular Hbond substituents is 1. The lowest BCUT2D eigenvalue weighted by Crippen LogP contribution is -2.51. The Labute approximate surface area is 317 Å². The van der Waals surface area contributed by atoms with Gasteiger partial charge in [0.1, 0.15) is 24.1 Å². The van der Waals surface area contributed by atoms with Gasteiger partial charge in [-0.1, -0.05) is 55.1 Å². The van der Waals surface area contributed by atoms with Crippen LogP contribution in [0.1, 0.15) is 93.3 Å². The van der Waals surface area contributed by atoms with Crippen molar-refractivity contribution in [3.63, 3.8) is 0 Å². The van der Waals surface area contributed by atoms with Crippen molar-refractivity contribution in [2.24, 2.45) is 5.92 Å². The molecule has 4 aromatic carbocycles. The molecule has 0 saturated carbocycles. The molecule has 8 rings (SSSR count). The molecule has 0 spiro atoms. The quantitative estimate of drug-likeness (QED) is 0.140. The molecule has 2 saturated heterocycles. The number of aromatic hydroxyl groups is 1. The molecule has 3 N–H and O–H groups in total. The van der Waals surface area contributed by atoms with E-state index in [0.717, 1.165) is 74.6 Å². The molecule has 1 unspecified atom stereocenters. The summed E-state index contributed by atoms with van der Waals surface area (Å²) in [6.07, 6.45) is 6.21. The van der Waals surface area contributed by atoms with E-state index in [1.807, 2.05) is 18.2 Å². The van der Waals surface area contributed by atoms with Crippen molar-refractivity contribution in [2.75, 3.05) is 38.1 Å². The van der Waals surface area contributed by atoms with Gasteiger partial charge in [-0.15, -0.1) is 0 Å². The van der Waals surface area contributed by atoms with E-state index in [2.05, 4.69) is 82.8 Å². The summed E-state index contributed by atoms with van der Waals surface area (Å²) in [5.74, 6) is 1.24. The lowest BCUT2D eigenvalue weighted by atomic mass is 9.69. The normalized spacial score (nSPS) is 21.8. The number of amides is 3. The van der Waals surface area contributed by atoms with Crippen LogP contribution in [0.5, 0.6) is 11.5 Å². The summed E-state index contributed by atoms with van der Waals surface area (Å²) < 4.78 is 6.23. The van der Waals surface area contributed by atoms with Crippen LogP contribution >= 0.6 is 0 Å². The van der Waals surface area contributed by atoms with E-state index in [1.54, 1.807) is 12.1 Å². The highest BCUT2D eigenvalue weighted by Crippen LogP contribution is 2.47. The zero-order chi connectivity index (χ0) is 37.2. The summed E-state index contributed by atoms with van der Waals surface area (Å²) in [6.45, 7) is 8.18. The minimum absolute atomic E-state index is 0.218. The topological polar surface area (TPSA) is 111 Å². The number of phenols is 1. The predicted molar refractivity (Wildman–Crippen MR) is 209 cm³/mol. The molecular formula is C45H48N4O5. The number of carbonyl (C=O) groups is 3. The summed E-state index contributed by atoms with van der Waals surface area (Å²) in [4.78, 5) is 42.4. The standard InChI is InChI=1S/C45H48N4O5/c1-29-7-18-41(43(51)47-29)49-44(52)39-16-11-34(28-40(39)45(49)53)46-22-19-30-20-23-48(24-21-30)25-26-54-36-13-8-32(9-14-36)42-37(31-5-3-2-4-6-31)15-10-33-27-35(50)12-17-38(33)42/h2-6,8-9,11-14,16-17,27-28,30,37,41-42,46,50H,1,7,10,15,18-26H2,(H,47,51)/t37-,41?,42+/m1/s1. The highest BCUT2D eigenvalue weighted by molar-refractivity contribution is 6.23. The Hall–Kier alpha value is -5.41. The molecule has 3 atom stereocenters. The molecule has 9 nitrogen and oxygen atoms in total. The summed E-state index contributed by atoms with van der Waals surface area (Å²) in [5, 5.41) is 16.3. The van der Waals surface area contributed by atoms with E-state index in [0.29, 0.717) is 53.9 Å². The number of allylic oxidation sites excluding steroid dienone is 1. The number of piperidine rings is 2. The van der Waals surface area contributed by atoms with Gasteiger partial charge >= 0.3 is 0 Å². The summed E-state index contributed by atoms with van der Waals surface area (Å²) >= 11 is 0. The second-order valence-corrected chi connectivity index (χ2v) is 15.2. The van der Waals surface area contributed by atoms with Gasteiger partial charge in [0.2, 0.25) is 5.91 Å². The first-order valence-electron chi connectivity index (χ1n) is 19.4. The molecule has 2 fully saturated rings. The number of aryl methyl sites for hydroxylation is 1. The minimum Gasteiger partial charge on any atom is -0.508 e. The number of hydrogen-bond donors (Lipinski definition) is 3. The number of imide groups is 1. The third kappa shape index (κ3) is 7.37. The molecule has 3 amide bonds. The Morgan fingerprint density at radius 1 is 0.815 bits per heavy atom. The Morgan fingerprint density at radius 3 is 2.37 bits per heavy atom. The second kappa shape index (κ2) is 15.5. The van der Waals surface area contributed by atoms with E-state index in [1.165, 1.54) is 22.3 Å². The molecule has 278 valence electrons. The van der Waals surface area contributed by atoms with Crippen LogP contribution in [0.25, 0.3) is 0 Å². The van der Waals surface area contributed by atoms with Crippen molar-refractivity contribution in [3.8, 4) is 11.5 Å². The molecule has 4 aromatic rings. The van der Waals surface area contributed by atoms with Gasteiger partial charge in [-0.3, -0.25) is 24.2 Å². The molecule has 0 radical (unpaired) electrons. The van der Waals surface area contributed by atoms with Gasteiger partial charge in [-0.25, -0.2) is 0 Å². The van der Waals surface area contributed by atoms with Crippen molar-refractivity contribution in [3.05, 3.63) is 137 Å². The molecule has 1 aliphatic carbocycles. The van der Waals surface area contributed by atoms with Crippen LogP contribution in [0.3, 0.4) is 0 Å². The molecule has 3 heterocycles. The first kappa shape index (κ1) is 35.6. The van der Waals surface area contributed by atoms with Gasteiger partial charge in [0.05, 0.1) is 11.1 Å². The third-order valence-electron chi connectivity index (χ3n) is 11.9. The molecule has 0 bridgehead atoms. The highest BCUT2D eigenvalue weighted by atomic mass is 16.5. The number of likely N-dealkylation sites (tertiary alicyclic amines) is 1. The number of benzene rings is 4. The Balaban J connectivity index is 0.787. The third-order valence-corrected chi connectivity index (χ3v) is 11.9. The fourth-order valence-electron chi connectivity index (χ4n) is 8.92. The first-order chi connectivity index (χ1) is 26.3. The van der Waals surface area contributed by atoms with Crippen molar-refractivity contribution >= 4 is 23.4 Å². The SMILES string of the molecule is C=C1CCC(N2C(=O)c3ccc(NCCC4CCN(CCOc5ccc([C@@H]6c7ccc(O)cc7CC[C@@H]6c6ccccc6)cc5)CC4)cc3C2=O)C(=O)N1. The van der Waals surface area contributed by atoms with Crippen molar-refractivity contribution in [1.29, 1.82) is 0 Å². The van der Waals surface area contributed by atoms with Crippen molar-refractivity contribution < 1.29 is 24.2 Å². The highest BCUT2D eigenvalue weighted by Gasteiger charge is 2.44. The van der Waals surface area contributed by atoms with E-state index in [9.17, 15) is 19.5 Å². The average molecular weight is 725 g/mol. The average Bonchev–Trinajstić information content (AvgIpc) is 3.43. The molecule has 9 heteroatoms. The summed E-state index contributed by atoms with van der Waals surface area (Å²) in [6, 6.07) is 29.7. The summed E-state index contributed by atoms with van der Waals surface area (Å²) in [7, 11) is 0. The smallest absolute Gasteiger partial charge is 0.262 e. The lowest BCUT2D eigenvalue weighted by Gasteiger charge is -2.35. The monoisotopic (exact) mass is 724 g/mol. The fourth-order valence-corrected chi connectivity index (χ4v) is 8.92. The van der Waals surface area contributed by atoms with Gasteiger partial charge in [0, 0.05) is 30.4 Å². The van der Waals surface area contributed by atoms with Crippen LogP contribution in [-0.4, -0.2) is 71.5 Å². The first-order valence-corrected chi connectivity index (χ1v) is 19.4. The Kier molecular flexibility index (Phi) is 10.2. The number of nitrogens with one attached hydrogen (secondary N) is 2. The van der Waals surface area contributed by atoms with E-state index in [-0.39, 0.29) is 11.8 Å².